The number of morpholine rings is 2. The maximum atomic E-state index is 12.7. The largest absolute Gasteiger partial charge is 0.379 e. The molecule has 1 atom stereocenters. The van der Waals surface area contributed by atoms with Crippen LogP contribution in [-0.2, 0) is 16.0 Å². The van der Waals surface area contributed by atoms with E-state index in [9.17, 15) is 4.79 Å². The predicted molar refractivity (Wildman–Crippen MR) is 83.2 cm³/mol. The second-order valence-corrected chi connectivity index (χ2v) is 6.08. The average Bonchev–Trinajstić information content (AvgIpc) is 3.04. The molecular formula is C16H25N3O4. The molecule has 23 heavy (non-hydrogen) atoms. The second-order valence-electron chi connectivity index (χ2n) is 6.08. The Labute approximate surface area is 136 Å². The minimum atomic E-state index is -0.0521. The molecule has 0 radical (unpaired) electrons. The van der Waals surface area contributed by atoms with E-state index in [0.717, 1.165) is 44.9 Å². The monoisotopic (exact) mass is 323 g/mol. The SMILES string of the molecule is CCC[C@@H]1COCCN1C(=O)c1cc(CN2CCOCC2)on1. The van der Waals surface area contributed by atoms with Crippen molar-refractivity contribution in [2.24, 2.45) is 0 Å². The van der Waals surface area contributed by atoms with Crippen molar-refractivity contribution in [1.82, 2.24) is 15.0 Å². The Morgan fingerprint density at radius 2 is 2.04 bits per heavy atom. The molecule has 1 aromatic heterocycles. The van der Waals surface area contributed by atoms with E-state index in [0.29, 0.717) is 32.0 Å². The van der Waals surface area contributed by atoms with Gasteiger partial charge in [-0.05, 0) is 6.42 Å². The van der Waals surface area contributed by atoms with Crippen LogP contribution in [0.4, 0.5) is 0 Å². The van der Waals surface area contributed by atoms with Crippen LogP contribution in [0.15, 0.2) is 10.6 Å². The maximum absolute atomic E-state index is 12.7. The van der Waals surface area contributed by atoms with E-state index in [2.05, 4.69) is 17.0 Å². The molecule has 7 nitrogen and oxygen atoms in total. The standard InChI is InChI=1S/C16H25N3O4/c1-2-3-13-12-22-9-6-19(13)16(20)15-10-14(23-17-15)11-18-4-7-21-8-5-18/h10,13H,2-9,11-12H2,1H3/t13-/m1/s1. The molecule has 1 amide bonds. The van der Waals surface area contributed by atoms with Crippen LogP contribution in [-0.4, -0.2) is 73.0 Å². The summed E-state index contributed by atoms with van der Waals surface area (Å²) in [5.74, 6) is 0.680. The van der Waals surface area contributed by atoms with E-state index in [1.807, 2.05) is 4.90 Å². The molecule has 2 aliphatic rings. The highest BCUT2D eigenvalue weighted by atomic mass is 16.5. The highest BCUT2D eigenvalue weighted by Gasteiger charge is 2.29. The molecule has 2 saturated heterocycles. The summed E-state index contributed by atoms with van der Waals surface area (Å²) in [6.45, 7) is 7.85. The first-order valence-electron chi connectivity index (χ1n) is 8.42. The summed E-state index contributed by atoms with van der Waals surface area (Å²) in [6, 6.07) is 1.91. The van der Waals surface area contributed by atoms with Crippen LogP contribution in [0.25, 0.3) is 0 Å². The summed E-state index contributed by atoms with van der Waals surface area (Å²) in [5.41, 5.74) is 0.399. The molecule has 0 aromatic carbocycles. The van der Waals surface area contributed by atoms with Crippen LogP contribution in [0, 0.1) is 0 Å². The second kappa shape index (κ2) is 7.90. The Morgan fingerprint density at radius 1 is 1.26 bits per heavy atom. The van der Waals surface area contributed by atoms with Gasteiger partial charge in [0.2, 0.25) is 0 Å². The first-order chi connectivity index (χ1) is 11.3. The lowest BCUT2D eigenvalue weighted by Crippen LogP contribution is -2.48. The minimum absolute atomic E-state index is 0.0521. The summed E-state index contributed by atoms with van der Waals surface area (Å²) in [5, 5.41) is 3.99. The molecule has 0 aliphatic carbocycles. The Morgan fingerprint density at radius 3 is 2.83 bits per heavy atom. The Hall–Kier alpha value is -1.44. The topological polar surface area (TPSA) is 68.0 Å². The zero-order valence-corrected chi connectivity index (χ0v) is 13.7. The van der Waals surface area contributed by atoms with Gasteiger partial charge in [-0.25, -0.2) is 0 Å². The lowest BCUT2D eigenvalue weighted by Gasteiger charge is -2.35. The average molecular weight is 323 g/mol. The number of hydrogen-bond acceptors (Lipinski definition) is 6. The minimum Gasteiger partial charge on any atom is -0.379 e. The molecular weight excluding hydrogens is 298 g/mol. The predicted octanol–water partition coefficient (Wildman–Crippen LogP) is 1.15. The quantitative estimate of drug-likeness (QED) is 0.810. The maximum Gasteiger partial charge on any atom is 0.276 e. The number of ether oxygens (including phenoxy) is 2. The zero-order valence-electron chi connectivity index (χ0n) is 13.7. The van der Waals surface area contributed by atoms with Crippen LogP contribution in [0.1, 0.15) is 36.0 Å². The van der Waals surface area contributed by atoms with Gasteiger partial charge in [-0.15, -0.1) is 0 Å². The van der Waals surface area contributed by atoms with Gasteiger partial charge < -0.3 is 18.9 Å². The zero-order chi connectivity index (χ0) is 16.1. The van der Waals surface area contributed by atoms with Gasteiger partial charge >= 0.3 is 0 Å². The number of carbonyl (C=O) groups is 1. The van der Waals surface area contributed by atoms with Crippen LogP contribution in [0.2, 0.25) is 0 Å². The normalized spacial score (nSPS) is 23.2. The van der Waals surface area contributed by atoms with Gasteiger partial charge in [0.25, 0.3) is 5.91 Å². The number of rotatable bonds is 5. The Balaban J connectivity index is 1.62. The molecule has 7 heteroatoms. The first kappa shape index (κ1) is 16.4. The molecule has 0 saturated carbocycles. The first-order valence-corrected chi connectivity index (χ1v) is 8.42. The number of aromatic nitrogens is 1. The van der Waals surface area contributed by atoms with Gasteiger partial charge in [-0.3, -0.25) is 9.69 Å². The molecule has 0 unspecified atom stereocenters. The Kier molecular flexibility index (Phi) is 5.64. The van der Waals surface area contributed by atoms with Crippen LogP contribution in [0.5, 0.6) is 0 Å². The number of hydrogen-bond donors (Lipinski definition) is 0. The third kappa shape index (κ3) is 4.10. The number of nitrogens with zero attached hydrogens (tertiary/aromatic N) is 3. The Bertz CT molecular complexity index is 511. The molecule has 0 N–H and O–H groups in total. The molecule has 2 fully saturated rings. The van der Waals surface area contributed by atoms with Crippen molar-refractivity contribution in [2.45, 2.75) is 32.4 Å². The highest BCUT2D eigenvalue weighted by molar-refractivity contribution is 5.92. The van der Waals surface area contributed by atoms with Gasteiger partial charge in [-0.1, -0.05) is 18.5 Å². The summed E-state index contributed by atoms with van der Waals surface area (Å²) >= 11 is 0. The summed E-state index contributed by atoms with van der Waals surface area (Å²) in [6.07, 6.45) is 1.98. The van der Waals surface area contributed by atoms with Gasteiger partial charge in [0.05, 0.1) is 39.0 Å². The van der Waals surface area contributed by atoms with Crippen molar-refractivity contribution in [2.75, 3.05) is 46.1 Å². The molecule has 0 spiro atoms. The van der Waals surface area contributed by atoms with E-state index in [4.69, 9.17) is 14.0 Å². The smallest absolute Gasteiger partial charge is 0.276 e. The van der Waals surface area contributed by atoms with Gasteiger partial charge in [-0.2, -0.15) is 0 Å². The third-order valence-corrected chi connectivity index (χ3v) is 4.37. The lowest BCUT2D eigenvalue weighted by atomic mass is 10.1. The number of amides is 1. The molecule has 128 valence electrons. The van der Waals surface area contributed by atoms with Crippen LogP contribution < -0.4 is 0 Å². The van der Waals surface area contributed by atoms with Crippen molar-refractivity contribution in [3.8, 4) is 0 Å². The summed E-state index contributed by atoms with van der Waals surface area (Å²) < 4.78 is 16.2. The fourth-order valence-corrected chi connectivity index (χ4v) is 3.11. The third-order valence-electron chi connectivity index (χ3n) is 4.37. The summed E-state index contributed by atoms with van der Waals surface area (Å²) in [7, 11) is 0. The van der Waals surface area contributed by atoms with E-state index in [-0.39, 0.29) is 11.9 Å². The molecule has 1 aromatic rings. The van der Waals surface area contributed by atoms with Crippen LogP contribution >= 0.6 is 0 Å². The van der Waals surface area contributed by atoms with E-state index in [1.165, 1.54) is 0 Å². The van der Waals surface area contributed by atoms with Gasteiger partial charge in [0.1, 0.15) is 0 Å². The van der Waals surface area contributed by atoms with Crippen molar-refractivity contribution >= 4 is 5.91 Å². The van der Waals surface area contributed by atoms with Gasteiger partial charge in [0.15, 0.2) is 11.5 Å². The van der Waals surface area contributed by atoms with Crippen molar-refractivity contribution < 1.29 is 18.8 Å². The highest BCUT2D eigenvalue weighted by Crippen LogP contribution is 2.17. The van der Waals surface area contributed by atoms with E-state index >= 15 is 0 Å². The van der Waals surface area contributed by atoms with E-state index < -0.39 is 0 Å². The fraction of sp³-hybridized carbons (Fsp3) is 0.750. The molecule has 3 heterocycles. The van der Waals surface area contributed by atoms with Crippen LogP contribution in [0.3, 0.4) is 0 Å². The molecule has 3 rings (SSSR count). The fourth-order valence-electron chi connectivity index (χ4n) is 3.11. The number of carbonyl (C=O) groups excluding carboxylic acids is 1. The lowest BCUT2D eigenvalue weighted by molar-refractivity contribution is -0.00483. The van der Waals surface area contributed by atoms with Gasteiger partial charge in [0, 0.05) is 25.7 Å². The van der Waals surface area contributed by atoms with Crippen molar-refractivity contribution in [3.05, 3.63) is 17.5 Å². The van der Waals surface area contributed by atoms with Crippen molar-refractivity contribution in [3.63, 3.8) is 0 Å². The molecule has 0 bridgehead atoms. The van der Waals surface area contributed by atoms with E-state index in [1.54, 1.807) is 6.07 Å². The summed E-state index contributed by atoms with van der Waals surface area (Å²) in [4.78, 5) is 16.8. The van der Waals surface area contributed by atoms with Crippen molar-refractivity contribution in [1.29, 1.82) is 0 Å². The molecule has 2 aliphatic heterocycles.